The van der Waals surface area contributed by atoms with Crippen molar-refractivity contribution in [3.05, 3.63) is 94.8 Å². The van der Waals surface area contributed by atoms with Crippen molar-refractivity contribution in [1.82, 2.24) is 4.98 Å². The molecule has 0 saturated carbocycles. The third-order valence-electron chi connectivity index (χ3n) is 4.38. The van der Waals surface area contributed by atoms with E-state index in [4.69, 9.17) is 0 Å². The predicted octanol–water partition coefficient (Wildman–Crippen LogP) is 5.73. The SMILES string of the molecule is Cc1ccc(/C=N/N(C(=O)c2cccc(F)c2)c2nc3ccc(C)cc3s2)cc1. The van der Waals surface area contributed by atoms with Crippen molar-refractivity contribution in [2.24, 2.45) is 5.10 Å². The van der Waals surface area contributed by atoms with E-state index >= 15 is 0 Å². The Balaban J connectivity index is 1.76. The van der Waals surface area contributed by atoms with Gasteiger partial charge < -0.3 is 0 Å². The Bertz CT molecular complexity index is 1210. The first-order chi connectivity index (χ1) is 14.0. The molecule has 0 spiro atoms. The summed E-state index contributed by atoms with van der Waals surface area (Å²) in [7, 11) is 0. The Kier molecular flexibility index (Phi) is 5.18. The van der Waals surface area contributed by atoms with E-state index in [9.17, 15) is 9.18 Å². The third-order valence-corrected chi connectivity index (χ3v) is 5.37. The number of fused-ring (bicyclic) bond motifs is 1. The zero-order chi connectivity index (χ0) is 20.4. The summed E-state index contributed by atoms with van der Waals surface area (Å²) in [4.78, 5) is 17.7. The highest BCUT2D eigenvalue weighted by molar-refractivity contribution is 7.22. The van der Waals surface area contributed by atoms with Gasteiger partial charge in [-0.3, -0.25) is 4.79 Å². The summed E-state index contributed by atoms with van der Waals surface area (Å²) in [6, 6.07) is 19.3. The zero-order valence-electron chi connectivity index (χ0n) is 16.0. The van der Waals surface area contributed by atoms with Crippen LogP contribution < -0.4 is 5.01 Å². The maximum atomic E-state index is 13.7. The molecule has 0 fully saturated rings. The highest BCUT2D eigenvalue weighted by Crippen LogP contribution is 2.30. The van der Waals surface area contributed by atoms with E-state index in [1.165, 1.54) is 34.5 Å². The number of nitrogens with zero attached hydrogens (tertiary/aromatic N) is 3. The summed E-state index contributed by atoms with van der Waals surface area (Å²) < 4.78 is 14.6. The summed E-state index contributed by atoms with van der Waals surface area (Å²) in [6.45, 7) is 4.01. The topological polar surface area (TPSA) is 45.6 Å². The van der Waals surface area contributed by atoms with Gasteiger partial charge in [-0.05, 0) is 55.3 Å². The van der Waals surface area contributed by atoms with Gasteiger partial charge >= 0.3 is 0 Å². The van der Waals surface area contributed by atoms with Crippen LogP contribution >= 0.6 is 11.3 Å². The second-order valence-electron chi connectivity index (χ2n) is 6.75. The molecule has 6 heteroatoms. The largest absolute Gasteiger partial charge is 0.280 e. The molecule has 0 aliphatic carbocycles. The molecule has 1 aromatic heterocycles. The van der Waals surface area contributed by atoms with Gasteiger partial charge in [0, 0.05) is 5.56 Å². The number of hydrogen-bond acceptors (Lipinski definition) is 4. The number of amides is 1. The fourth-order valence-corrected chi connectivity index (χ4v) is 3.84. The molecule has 1 heterocycles. The molecular weight excluding hydrogens is 385 g/mol. The van der Waals surface area contributed by atoms with Gasteiger partial charge in [-0.1, -0.05) is 53.3 Å². The number of aromatic nitrogens is 1. The van der Waals surface area contributed by atoms with E-state index in [1.807, 2.05) is 56.3 Å². The smallest absolute Gasteiger partial charge is 0.267 e. The molecule has 0 bridgehead atoms. The highest BCUT2D eigenvalue weighted by Gasteiger charge is 2.21. The molecule has 1 amide bonds. The van der Waals surface area contributed by atoms with E-state index in [-0.39, 0.29) is 5.56 Å². The van der Waals surface area contributed by atoms with Crippen LogP contribution in [0.25, 0.3) is 10.2 Å². The van der Waals surface area contributed by atoms with Gasteiger partial charge in [-0.25, -0.2) is 9.37 Å². The van der Waals surface area contributed by atoms with E-state index in [2.05, 4.69) is 10.1 Å². The molecule has 0 aliphatic rings. The summed E-state index contributed by atoms with van der Waals surface area (Å²) in [5.41, 5.74) is 4.10. The van der Waals surface area contributed by atoms with Gasteiger partial charge in [0.2, 0.25) is 5.13 Å². The Morgan fingerprint density at radius 3 is 2.55 bits per heavy atom. The van der Waals surface area contributed by atoms with E-state index in [0.717, 1.165) is 26.9 Å². The minimum Gasteiger partial charge on any atom is -0.267 e. The van der Waals surface area contributed by atoms with Crippen LogP contribution in [0.3, 0.4) is 0 Å². The molecule has 144 valence electrons. The summed E-state index contributed by atoms with van der Waals surface area (Å²) in [5, 5.41) is 6.07. The second-order valence-corrected chi connectivity index (χ2v) is 7.76. The van der Waals surface area contributed by atoms with Crippen LogP contribution in [-0.2, 0) is 0 Å². The van der Waals surface area contributed by atoms with Crippen molar-refractivity contribution in [1.29, 1.82) is 0 Å². The van der Waals surface area contributed by atoms with Gasteiger partial charge in [0.05, 0.1) is 16.4 Å². The number of aryl methyl sites for hydroxylation is 2. The monoisotopic (exact) mass is 403 g/mol. The number of carbonyl (C=O) groups excluding carboxylic acids is 1. The lowest BCUT2D eigenvalue weighted by Gasteiger charge is -2.14. The maximum Gasteiger partial charge on any atom is 0.280 e. The van der Waals surface area contributed by atoms with Crippen molar-refractivity contribution >= 4 is 38.8 Å². The van der Waals surface area contributed by atoms with Crippen molar-refractivity contribution in [2.75, 3.05) is 5.01 Å². The molecule has 3 aromatic carbocycles. The third kappa shape index (κ3) is 4.22. The van der Waals surface area contributed by atoms with Crippen molar-refractivity contribution in [2.45, 2.75) is 13.8 Å². The average molecular weight is 403 g/mol. The van der Waals surface area contributed by atoms with Gasteiger partial charge in [0.25, 0.3) is 5.91 Å². The molecule has 0 N–H and O–H groups in total. The summed E-state index contributed by atoms with van der Waals surface area (Å²) in [5.74, 6) is -0.915. The zero-order valence-corrected chi connectivity index (χ0v) is 16.8. The maximum absolute atomic E-state index is 13.7. The van der Waals surface area contributed by atoms with E-state index in [1.54, 1.807) is 12.3 Å². The Morgan fingerprint density at radius 1 is 1.03 bits per heavy atom. The molecule has 4 aromatic rings. The molecule has 0 atom stereocenters. The normalized spacial score (nSPS) is 11.3. The van der Waals surface area contributed by atoms with Crippen LogP contribution in [0.1, 0.15) is 27.0 Å². The van der Waals surface area contributed by atoms with Crippen LogP contribution in [0.15, 0.2) is 71.8 Å². The average Bonchev–Trinajstić information content (AvgIpc) is 3.12. The summed E-state index contributed by atoms with van der Waals surface area (Å²) in [6.07, 6.45) is 1.61. The number of benzene rings is 3. The molecule has 4 nitrogen and oxygen atoms in total. The van der Waals surface area contributed by atoms with Crippen molar-refractivity contribution in [3.8, 4) is 0 Å². The number of hydrazone groups is 1. The van der Waals surface area contributed by atoms with Crippen molar-refractivity contribution in [3.63, 3.8) is 0 Å². The number of anilines is 1. The highest BCUT2D eigenvalue weighted by atomic mass is 32.1. The Morgan fingerprint density at radius 2 is 1.79 bits per heavy atom. The van der Waals surface area contributed by atoms with Crippen LogP contribution in [-0.4, -0.2) is 17.1 Å². The minimum absolute atomic E-state index is 0.210. The fraction of sp³-hybridized carbons (Fsp3) is 0.0870. The van der Waals surface area contributed by atoms with Gasteiger partial charge in [0.15, 0.2) is 0 Å². The Hall–Kier alpha value is -3.38. The van der Waals surface area contributed by atoms with E-state index in [0.29, 0.717) is 5.13 Å². The van der Waals surface area contributed by atoms with Crippen molar-refractivity contribution < 1.29 is 9.18 Å². The quantitative estimate of drug-likeness (QED) is 0.322. The van der Waals surface area contributed by atoms with Crippen LogP contribution in [0.2, 0.25) is 0 Å². The van der Waals surface area contributed by atoms with E-state index < -0.39 is 11.7 Å². The summed E-state index contributed by atoms with van der Waals surface area (Å²) >= 11 is 1.37. The molecule has 0 unspecified atom stereocenters. The standard InChI is InChI=1S/C23H18FN3OS/c1-15-6-9-17(10-7-15)14-25-27(22(28)18-4-3-5-19(24)13-18)23-26-20-11-8-16(2)12-21(20)29-23/h3-14H,1-2H3/b25-14+. The molecule has 0 saturated heterocycles. The van der Waals surface area contributed by atoms with Gasteiger partial charge in [-0.15, -0.1) is 0 Å². The van der Waals surface area contributed by atoms with Gasteiger partial charge in [-0.2, -0.15) is 10.1 Å². The van der Waals surface area contributed by atoms with Crippen LogP contribution in [0.5, 0.6) is 0 Å². The lowest BCUT2D eigenvalue weighted by Crippen LogP contribution is -2.25. The van der Waals surface area contributed by atoms with Crippen LogP contribution in [0.4, 0.5) is 9.52 Å². The first-order valence-electron chi connectivity index (χ1n) is 9.07. The number of halogens is 1. The number of thiazole rings is 1. The van der Waals surface area contributed by atoms with Gasteiger partial charge in [0.1, 0.15) is 5.82 Å². The lowest BCUT2D eigenvalue weighted by molar-refractivity contribution is 0.0987. The second kappa shape index (κ2) is 7.93. The number of hydrogen-bond donors (Lipinski definition) is 0. The first kappa shape index (κ1) is 19.0. The van der Waals surface area contributed by atoms with Crippen LogP contribution in [0, 0.1) is 19.7 Å². The molecule has 4 rings (SSSR count). The minimum atomic E-state index is -0.474. The number of carbonyl (C=O) groups is 1. The Labute approximate surface area is 171 Å². The molecular formula is C23H18FN3OS. The predicted molar refractivity (Wildman–Crippen MR) is 116 cm³/mol. The first-order valence-corrected chi connectivity index (χ1v) is 9.89. The molecule has 0 aliphatic heterocycles. The lowest BCUT2D eigenvalue weighted by atomic mass is 10.2. The molecule has 29 heavy (non-hydrogen) atoms. The fourth-order valence-electron chi connectivity index (χ4n) is 2.82. The molecule has 0 radical (unpaired) electrons. The number of rotatable bonds is 4.